The average molecular weight is 964 g/mol. The number of hydrogen-bond donors (Lipinski definition) is 4. The second kappa shape index (κ2) is 18.6. The maximum absolute atomic E-state index is 15.9. The van der Waals surface area contributed by atoms with E-state index in [0.717, 1.165) is 6.92 Å². The number of carbonyl (C=O) groups is 6. The molecule has 1 saturated heterocycles. The molecule has 0 aromatic carbocycles. The van der Waals surface area contributed by atoms with Crippen LogP contribution < -0.4 is 5.32 Å². The zero-order valence-corrected chi connectivity index (χ0v) is 40.6. The highest BCUT2D eigenvalue weighted by molar-refractivity contribution is 8.76. The van der Waals surface area contributed by atoms with Gasteiger partial charge in [0.15, 0.2) is 23.6 Å². The fourth-order valence-corrected chi connectivity index (χ4v) is 12.3. The number of alkyl carbamates (subject to hydrolysis) is 1. The number of aliphatic hydroxyl groups excluding tert-OH is 2. The first-order valence-corrected chi connectivity index (χ1v) is 24.2. The van der Waals surface area contributed by atoms with Gasteiger partial charge in [0.1, 0.15) is 41.3 Å². The molecule has 18 nitrogen and oxygen atoms in total. The van der Waals surface area contributed by atoms with Gasteiger partial charge in [0.2, 0.25) is 5.76 Å². The number of esters is 4. The number of aliphatic hydroxyl groups is 3. The first kappa shape index (κ1) is 51.1. The van der Waals surface area contributed by atoms with Gasteiger partial charge in [0, 0.05) is 36.3 Å². The van der Waals surface area contributed by atoms with Crippen molar-refractivity contribution in [2.45, 2.75) is 159 Å². The molecule has 3 heterocycles. The summed E-state index contributed by atoms with van der Waals surface area (Å²) in [7, 11) is 3.07. The third-order valence-electron chi connectivity index (χ3n) is 13.4. The van der Waals surface area contributed by atoms with E-state index in [4.69, 9.17) is 37.3 Å². The molecular formula is C46H61NO17S2. The van der Waals surface area contributed by atoms with Crippen molar-refractivity contribution in [2.24, 2.45) is 16.7 Å². The SMILES string of the molecule is CSSC(C)(C)CCC(=O)O[C@H]1C(=O)[C@@]2(C)[C@H]([C@H](OC(=O)c3ccco3)[C@]3(O)C[C@H](OC(=O)[C@H](O)[C@@H](NC(=O)OC(C)(C)C)c4ccco4)C(C)=C1C3(C)C)[C@]1(OC(C)=O)CO[C@@H]1C[C@@H]2O. The van der Waals surface area contributed by atoms with Gasteiger partial charge >= 0.3 is 30.0 Å². The number of ether oxygens (including phenoxy) is 6. The fraction of sp³-hybridized carbons (Fsp3) is 0.652. The van der Waals surface area contributed by atoms with E-state index < -0.39 is 123 Å². The van der Waals surface area contributed by atoms with E-state index in [1.54, 1.807) is 45.4 Å². The number of amides is 1. The van der Waals surface area contributed by atoms with Crippen molar-refractivity contribution < 1.29 is 81.3 Å². The Morgan fingerprint density at radius 2 is 1.67 bits per heavy atom. The first-order valence-electron chi connectivity index (χ1n) is 21.7. The smallest absolute Gasteiger partial charge is 0.408 e. The molecule has 0 radical (unpaired) electrons. The topological polar surface area (TPSA) is 257 Å². The van der Waals surface area contributed by atoms with Crippen LogP contribution in [-0.2, 0) is 47.6 Å². The van der Waals surface area contributed by atoms with E-state index in [0.29, 0.717) is 6.42 Å². The molecule has 20 heteroatoms. The quantitative estimate of drug-likeness (QED) is 0.0781. The fourth-order valence-electron chi connectivity index (χ4n) is 10.1. The summed E-state index contributed by atoms with van der Waals surface area (Å²) in [5.74, 6) is -6.85. The Morgan fingerprint density at radius 1 is 1.00 bits per heavy atom. The largest absolute Gasteiger partial charge is 0.467 e. The van der Waals surface area contributed by atoms with E-state index in [1.165, 1.54) is 61.4 Å². The van der Waals surface area contributed by atoms with Crippen LogP contribution in [0.3, 0.4) is 0 Å². The Bertz CT molecular complexity index is 2200. The molecule has 0 unspecified atom stereocenters. The number of rotatable bonds is 14. The molecule has 364 valence electrons. The summed E-state index contributed by atoms with van der Waals surface area (Å²) < 4.78 is 46.5. The highest BCUT2D eigenvalue weighted by atomic mass is 33.1. The number of furan rings is 2. The van der Waals surface area contributed by atoms with Crippen molar-refractivity contribution in [3.63, 3.8) is 0 Å². The highest BCUT2D eigenvalue weighted by Gasteiger charge is 2.78. The van der Waals surface area contributed by atoms with Gasteiger partial charge in [-0.1, -0.05) is 35.4 Å². The lowest BCUT2D eigenvalue weighted by atomic mass is 9.44. The van der Waals surface area contributed by atoms with Gasteiger partial charge in [-0.25, -0.2) is 14.4 Å². The lowest BCUT2D eigenvalue weighted by Crippen LogP contribution is -2.82. The minimum absolute atomic E-state index is 0.0338. The number of fused-ring (bicyclic) bond motifs is 5. The van der Waals surface area contributed by atoms with E-state index in [9.17, 15) is 39.3 Å². The Balaban J connectivity index is 1.54. The number of hydrogen-bond acceptors (Lipinski definition) is 19. The number of Topliss-reactive ketones (excluding diaryl/α,β-unsaturated/α-hetero) is 1. The van der Waals surface area contributed by atoms with Crippen molar-refractivity contribution in [3.8, 4) is 0 Å². The minimum Gasteiger partial charge on any atom is -0.467 e. The molecule has 6 rings (SSSR count). The van der Waals surface area contributed by atoms with Crippen LogP contribution in [0.4, 0.5) is 4.79 Å². The summed E-state index contributed by atoms with van der Waals surface area (Å²) in [6, 6.07) is 4.07. The molecule has 2 aromatic heterocycles. The maximum atomic E-state index is 15.9. The van der Waals surface area contributed by atoms with Gasteiger partial charge < -0.3 is 57.9 Å². The van der Waals surface area contributed by atoms with Crippen LogP contribution >= 0.6 is 21.6 Å². The lowest BCUT2D eigenvalue weighted by Gasteiger charge is -2.67. The van der Waals surface area contributed by atoms with E-state index in [2.05, 4.69) is 5.32 Å². The Kier molecular flexibility index (Phi) is 14.4. The molecule has 2 bridgehead atoms. The van der Waals surface area contributed by atoms with Gasteiger partial charge in [-0.3, -0.25) is 14.4 Å². The monoisotopic (exact) mass is 963 g/mol. The van der Waals surface area contributed by atoms with E-state index in [1.807, 2.05) is 20.1 Å². The standard InChI is InChI=1S/C46H61NO17S2/c1-23-27(60-39(54)33(51)32(25-14-12-18-57-25)47-40(55)64-41(3,4)5)21-46(56)37(62-38(53)26-15-13-19-58-26)35-44(10,28(49)20-29-45(35,22-59-29)63-24(2)48)36(52)34(31(23)43(46,8)9)61-30(50)16-17-42(6,7)66-65-11/h12-15,18-19,27-29,32-35,37,49,51,56H,16-17,20-22H2,1-11H3,(H,47,55)/t27-,28-,29+,32-,33+,34+,35-,37-,44+,45-,46+/m0/s1. The summed E-state index contributed by atoms with van der Waals surface area (Å²) >= 11 is 0. The minimum atomic E-state index is -2.46. The predicted molar refractivity (Wildman–Crippen MR) is 236 cm³/mol. The van der Waals surface area contributed by atoms with Crippen LogP contribution in [0.5, 0.6) is 0 Å². The summed E-state index contributed by atoms with van der Waals surface area (Å²) in [5, 5.41) is 40.1. The molecule has 2 aromatic rings. The van der Waals surface area contributed by atoms with Crippen LogP contribution in [0.2, 0.25) is 0 Å². The van der Waals surface area contributed by atoms with Gasteiger partial charge in [0.25, 0.3) is 0 Å². The zero-order valence-electron chi connectivity index (χ0n) is 39.0. The molecule has 4 N–H and O–H groups in total. The van der Waals surface area contributed by atoms with Crippen molar-refractivity contribution in [1.82, 2.24) is 5.32 Å². The summed E-state index contributed by atoms with van der Waals surface area (Å²) in [4.78, 5) is 84.5. The van der Waals surface area contributed by atoms with Crippen LogP contribution in [0, 0.1) is 16.7 Å². The van der Waals surface area contributed by atoms with Gasteiger partial charge in [-0.05, 0) is 96.6 Å². The molecular weight excluding hydrogens is 903 g/mol. The van der Waals surface area contributed by atoms with Crippen molar-refractivity contribution >= 4 is 57.3 Å². The van der Waals surface area contributed by atoms with Gasteiger partial charge in [0.05, 0.1) is 36.6 Å². The van der Waals surface area contributed by atoms with Crippen LogP contribution in [0.1, 0.15) is 117 Å². The highest BCUT2D eigenvalue weighted by Crippen LogP contribution is 2.64. The second-order valence-corrected chi connectivity index (χ2v) is 22.9. The maximum Gasteiger partial charge on any atom is 0.408 e. The molecule has 3 fully saturated rings. The Hall–Kier alpha value is -4.34. The predicted octanol–water partition coefficient (Wildman–Crippen LogP) is 5.57. The van der Waals surface area contributed by atoms with Crippen LogP contribution in [0.25, 0.3) is 0 Å². The molecule has 4 aliphatic rings. The van der Waals surface area contributed by atoms with E-state index >= 15 is 4.79 Å². The molecule has 2 saturated carbocycles. The van der Waals surface area contributed by atoms with Crippen molar-refractivity contribution in [2.75, 3.05) is 12.9 Å². The van der Waals surface area contributed by atoms with E-state index in [-0.39, 0.29) is 42.1 Å². The third-order valence-corrected chi connectivity index (χ3v) is 16.1. The molecule has 66 heavy (non-hydrogen) atoms. The van der Waals surface area contributed by atoms with Crippen molar-refractivity contribution in [1.29, 1.82) is 0 Å². The van der Waals surface area contributed by atoms with Gasteiger partial charge in [-0.15, -0.1) is 0 Å². The summed E-state index contributed by atoms with van der Waals surface area (Å²) in [6.07, 6.45) is -7.45. The van der Waals surface area contributed by atoms with Crippen LogP contribution in [0.15, 0.2) is 56.8 Å². The molecule has 3 aliphatic carbocycles. The normalized spacial score (nSPS) is 31.3. The molecule has 1 amide bonds. The second-order valence-electron chi connectivity index (χ2n) is 19.8. The Labute approximate surface area is 390 Å². The van der Waals surface area contributed by atoms with Crippen molar-refractivity contribution in [3.05, 3.63) is 59.5 Å². The number of ketones is 1. The summed E-state index contributed by atoms with van der Waals surface area (Å²) in [5.41, 5.74) is -9.00. The number of nitrogens with one attached hydrogen (secondary N) is 1. The van der Waals surface area contributed by atoms with Crippen LogP contribution in [-0.4, -0.2) is 122 Å². The third kappa shape index (κ3) is 9.42. The number of carbonyl (C=O) groups excluding carboxylic acids is 6. The molecule has 1 aliphatic heterocycles. The summed E-state index contributed by atoms with van der Waals surface area (Å²) in [6.45, 7) is 15.6. The molecule has 0 spiro atoms. The Morgan fingerprint density at radius 3 is 2.23 bits per heavy atom. The zero-order chi connectivity index (χ0) is 48.9. The van der Waals surface area contributed by atoms with Gasteiger partial charge in [-0.2, -0.15) is 0 Å². The first-order chi connectivity index (χ1) is 30.6. The molecule has 11 atom stereocenters. The average Bonchev–Trinajstić information content (AvgIpc) is 3.96. The lowest BCUT2D eigenvalue weighted by molar-refractivity contribution is -0.346.